The lowest BCUT2D eigenvalue weighted by Gasteiger charge is -2.42. The van der Waals surface area contributed by atoms with Gasteiger partial charge < -0.3 is 20.5 Å². The SMILES string of the molecule is CCN(CC(=O)O)C1CC(NC(=O)Nc2cccc(Cl)c2OC(C)C)C1. The van der Waals surface area contributed by atoms with Gasteiger partial charge in [-0.25, -0.2) is 4.79 Å². The van der Waals surface area contributed by atoms with E-state index in [1.807, 2.05) is 25.7 Å². The van der Waals surface area contributed by atoms with E-state index in [2.05, 4.69) is 10.6 Å². The van der Waals surface area contributed by atoms with Crippen LogP contribution in [0.1, 0.15) is 33.6 Å². The Labute approximate surface area is 158 Å². The van der Waals surface area contributed by atoms with E-state index in [0.717, 1.165) is 12.8 Å². The monoisotopic (exact) mass is 383 g/mol. The summed E-state index contributed by atoms with van der Waals surface area (Å²) in [5, 5.41) is 15.0. The Hall–Kier alpha value is -1.99. The molecule has 1 fully saturated rings. The van der Waals surface area contributed by atoms with E-state index in [4.69, 9.17) is 21.4 Å². The number of benzene rings is 1. The number of amides is 2. The zero-order valence-corrected chi connectivity index (χ0v) is 16.0. The molecule has 0 aromatic heterocycles. The third kappa shape index (κ3) is 5.51. The molecule has 0 saturated heterocycles. The number of ether oxygens (including phenoxy) is 1. The van der Waals surface area contributed by atoms with E-state index in [1.165, 1.54) is 0 Å². The molecule has 0 bridgehead atoms. The molecule has 2 rings (SSSR count). The lowest BCUT2D eigenvalue weighted by Crippen LogP contribution is -2.55. The third-order valence-corrected chi connectivity index (χ3v) is 4.58. The van der Waals surface area contributed by atoms with Crippen LogP contribution in [0.15, 0.2) is 18.2 Å². The number of para-hydroxylation sites is 1. The molecule has 144 valence electrons. The van der Waals surface area contributed by atoms with Gasteiger partial charge in [0.1, 0.15) is 0 Å². The number of urea groups is 1. The molecule has 1 saturated carbocycles. The van der Waals surface area contributed by atoms with Gasteiger partial charge in [-0.2, -0.15) is 0 Å². The molecule has 7 nitrogen and oxygen atoms in total. The van der Waals surface area contributed by atoms with Gasteiger partial charge in [0.05, 0.1) is 23.4 Å². The fourth-order valence-electron chi connectivity index (χ4n) is 2.98. The molecular weight excluding hydrogens is 358 g/mol. The van der Waals surface area contributed by atoms with Gasteiger partial charge in [0.2, 0.25) is 0 Å². The molecule has 26 heavy (non-hydrogen) atoms. The van der Waals surface area contributed by atoms with Crippen molar-refractivity contribution in [3.05, 3.63) is 23.2 Å². The second-order valence-electron chi connectivity index (χ2n) is 6.66. The summed E-state index contributed by atoms with van der Waals surface area (Å²) in [7, 11) is 0. The van der Waals surface area contributed by atoms with Crippen LogP contribution >= 0.6 is 11.6 Å². The van der Waals surface area contributed by atoms with Crippen molar-refractivity contribution in [1.82, 2.24) is 10.2 Å². The van der Waals surface area contributed by atoms with Gasteiger partial charge in [0, 0.05) is 12.1 Å². The fraction of sp³-hybridized carbons (Fsp3) is 0.556. The number of carboxylic acids is 1. The number of hydrogen-bond donors (Lipinski definition) is 3. The highest BCUT2D eigenvalue weighted by Crippen LogP contribution is 2.34. The maximum absolute atomic E-state index is 12.3. The summed E-state index contributed by atoms with van der Waals surface area (Å²) in [5.74, 6) is -0.385. The number of hydrogen-bond acceptors (Lipinski definition) is 4. The van der Waals surface area contributed by atoms with Crippen LogP contribution in [-0.4, -0.2) is 53.3 Å². The number of nitrogens with zero attached hydrogens (tertiary/aromatic N) is 1. The van der Waals surface area contributed by atoms with Crippen LogP contribution in [0.4, 0.5) is 10.5 Å². The Kier molecular flexibility index (Phi) is 7.11. The Balaban J connectivity index is 1.87. The molecule has 0 atom stereocenters. The molecule has 8 heteroatoms. The van der Waals surface area contributed by atoms with E-state index < -0.39 is 5.97 Å². The minimum absolute atomic E-state index is 0.0245. The van der Waals surface area contributed by atoms with E-state index in [9.17, 15) is 9.59 Å². The van der Waals surface area contributed by atoms with Gasteiger partial charge in [-0.3, -0.25) is 9.69 Å². The quantitative estimate of drug-likeness (QED) is 0.641. The number of halogens is 1. The van der Waals surface area contributed by atoms with Gasteiger partial charge in [0.25, 0.3) is 0 Å². The van der Waals surface area contributed by atoms with Crippen molar-refractivity contribution in [2.45, 2.75) is 51.8 Å². The summed E-state index contributed by atoms with van der Waals surface area (Å²) >= 11 is 6.16. The number of carbonyl (C=O) groups excluding carboxylic acids is 1. The second-order valence-corrected chi connectivity index (χ2v) is 7.07. The largest absolute Gasteiger partial charge is 0.487 e. The normalized spacial score (nSPS) is 19.2. The van der Waals surface area contributed by atoms with Gasteiger partial charge in [0.15, 0.2) is 5.75 Å². The Morgan fingerprint density at radius 1 is 1.38 bits per heavy atom. The summed E-state index contributed by atoms with van der Waals surface area (Å²) in [4.78, 5) is 25.0. The molecule has 0 unspecified atom stereocenters. The van der Waals surface area contributed by atoms with Gasteiger partial charge in [-0.1, -0.05) is 24.6 Å². The van der Waals surface area contributed by atoms with E-state index in [0.29, 0.717) is 23.0 Å². The van der Waals surface area contributed by atoms with Crippen molar-refractivity contribution in [3.63, 3.8) is 0 Å². The molecule has 1 aromatic rings. The molecule has 2 amide bonds. The fourth-order valence-corrected chi connectivity index (χ4v) is 3.20. The predicted molar refractivity (Wildman–Crippen MR) is 101 cm³/mol. The predicted octanol–water partition coefficient (Wildman–Crippen LogP) is 3.19. The number of carbonyl (C=O) groups is 2. The number of aliphatic carboxylic acids is 1. The van der Waals surface area contributed by atoms with Crippen LogP contribution in [0.3, 0.4) is 0 Å². The minimum atomic E-state index is -0.834. The van der Waals surface area contributed by atoms with Crippen molar-refractivity contribution in [2.75, 3.05) is 18.4 Å². The summed E-state index contributed by atoms with van der Waals surface area (Å²) in [5.41, 5.74) is 0.514. The summed E-state index contributed by atoms with van der Waals surface area (Å²) < 4.78 is 5.69. The average molecular weight is 384 g/mol. The highest BCUT2D eigenvalue weighted by molar-refractivity contribution is 6.32. The molecule has 0 radical (unpaired) electrons. The number of anilines is 1. The summed E-state index contributed by atoms with van der Waals surface area (Å²) in [6, 6.07) is 5.07. The number of rotatable bonds is 8. The topological polar surface area (TPSA) is 90.9 Å². The zero-order chi connectivity index (χ0) is 19.3. The van der Waals surface area contributed by atoms with Crippen LogP contribution in [0.2, 0.25) is 5.02 Å². The Bertz CT molecular complexity index is 647. The third-order valence-electron chi connectivity index (χ3n) is 4.28. The average Bonchev–Trinajstić information content (AvgIpc) is 2.51. The second kappa shape index (κ2) is 9.09. The number of nitrogens with one attached hydrogen (secondary N) is 2. The molecular formula is C18H26ClN3O4. The molecule has 0 spiro atoms. The van der Waals surface area contributed by atoms with Crippen LogP contribution in [0, 0.1) is 0 Å². The van der Waals surface area contributed by atoms with Crippen LogP contribution in [0.25, 0.3) is 0 Å². The van der Waals surface area contributed by atoms with E-state index in [1.54, 1.807) is 18.2 Å². The Morgan fingerprint density at radius 2 is 2.08 bits per heavy atom. The maximum atomic E-state index is 12.3. The molecule has 0 heterocycles. The highest BCUT2D eigenvalue weighted by atomic mass is 35.5. The standard InChI is InChI=1S/C18H26ClN3O4/c1-4-22(10-16(23)24)13-8-12(9-13)20-18(25)21-15-7-5-6-14(19)17(15)26-11(2)3/h5-7,11-13H,4,8-10H2,1-3H3,(H,23,24)(H2,20,21,25). The first kappa shape index (κ1) is 20.3. The van der Waals surface area contributed by atoms with Crippen LogP contribution in [0.5, 0.6) is 5.75 Å². The van der Waals surface area contributed by atoms with E-state index >= 15 is 0 Å². The highest BCUT2D eigenvalue weighted by Gasteiger charge is 2.34. The van der Waals surface area contributed by atoms with Gasteiger partial charge in [-0.05, 0) is 45.4 Å². The molecule has 1 aromatic carbocycles. The minimum Gasteiger partial charge on any atom is -0.487 e. The van der Waals surface area contributed by atoms with Crippen molar-refractivity contribution in [2.24, 2.45) is 0 Å². The van der Waals surface area contributed by atoms with Crippen LogP contribution < -0.4 is 15.4 Å². The zero-order valence-electron chi connectivity index (χ0n) is 15.3. The lowest BCUT2D eigenvalue weighted by molar-refractivity contribution is -0.139. The first-order valence-electron chi connectivity index (χ1n) is 8.78. The summed E-state index contributed by atoms with van der Waals surface area (Å²) in [6.07, 6.45) is 1.40. The first-order valence-corrected chi connectivity index (χ1v) is 9.16. The molecule has 1 aliphatic carbocycles. The lowest BCUT2D eigenvalue weighted by atomic mass is 9.85. The van der Waals surface area contributed by atoms with Crippen molar-refractivity contribution >= 4 is 29.3 Å². The molecule has 3 N–H and O–H groups in total. The summed E-state index contributed by atoms with van der Waals surface area (Å²) in [6.45, 7) is 6.41. The van der Waals surface area contributed by atoms with E-state index in [-0.39, 0.29) is 30.8 Å². The number of carboxylic acid groups (broad SMARTS) is 1. The van der Waals surface area contributed by atoms with Crippen molar-refractivity contribution < 1.29 is 19.4 Å². The smallest absolute Gasteiger partial charge is 0.319 e. The Morgan fingerprint density at radius 3 is 2.65 bits per heavy atom. The van der Waals surface area contributed by atoms with Gasteiger partial charge >= 0.3 is 12.0 Å². The van der Waals surface area contributed by atoms with Crippen LogP contribution in [-0.2, 0) is 4.79 Å². The molecule has 1 aliphatic rings. The van der Waals surface area contributed by atoms with Crippen molar-refractivity contribution in [3.8, 4) is 5.75 Å². The maximum Gasteiger partial charge on any atom is 0.319 e. The van der Waals surface area contributed by atoms with Crippen molar-refractivity contribution in [1.29, 1.82) is 0 Å². The molecule has 0 aliphatic heterocycles. The number of likely N-dealkylation sites (N-methyl/N-ethyl adjacent to an activating group) is 1. The first-order chi connectivity index (χ1) is 12.3. The van der Waals surface area contributed by atoms with Gasteiger partial charge in [-0.15, -0.1) is 0 Å².